The monoisotopic (exact) mass is 331 g/mol. The molecular formula is C18H29N5O. The van der Waals surface area contributed by atoms with Crippen LogP contribution in [0.15, 0.2) is 12.4 Å². The summed E-state index contributed by atoms with van der Waals surface area (Å²) >= 11 is 0. The number of hydrogen-bond acceptors (Lipinski definition) is 6. The van der Waals surface area contributed by atoms with Gasteiger partial charge < -0.3 is 10.2 Å². The van der Waals surface area contributed by atoms with Crippen LogP contribution in [0.3, 0.4) is 0 Å². The molecule has 0 atom stereocenters. The number of nitrogens with zero attached hydrogens (tertiary/aromatic N) is 4. The third-order valence-electron chi connectivity index (χ3n) is 5.14. The van der Waals surface area contributed by atoms with Crippen LogP contribution in [-0.4, -0.2) is 66.5 Å². The lowest BCUT2D eigenvalue weighted by atomic mass is 9.91. The van der Waals surface area contributed by atoms with E-state index in [0.717, 1.165) is 58.1 Å². The molecule has 2 aliphatic heterocycles. The van der Waals surface area contributed by atoms with Gasteiger partial charge >= 0.3 is 0 Å². The Kier molecular flexibility index (Phi) is 5.79. The van der Waals surface area contributed by atoms with E-state index in [1.165, 1.54) is 5.56 Å². The van der Waals surface area contributed by atoms with Gasteiger partial charge in [0.1, 0.15) is 5.78 Å². The topological polar surface area (TPSA) is 61.4 Å². The normalized spacial score (nSPS) is 20.5. The van der Waals surface area contributed by atoms with Gasteiger partial charge in [-0.1, -0.05) is 13.8 Å². The van der Waals surface area contributed by atoms with Crippen molar-refractivity contribution in [1.82, 2.24) is 20.2 Å². The van der Waals surface area contributed by atoms with Crippen LogP contribution in [0, 0.1) is 5.92 Å². The number of carbonyl (C=O) groups excluding carboxylic acids is 1. The molecule has 3 rings (SSSR count). The fourth-order valence-electron chi connectivity index (χ4n) is 3.40. The summed E-state index contributed by atoms with van der Waals surface area (Å²) in [5.41, 5.74) is 1.24. The summed E-state index contributed by atoms with van der Waals surface area (Å²) in [5.74, 6) is 1.85. The maximum Gasteiger partial charge on any atom is 0.225 e. The molecule has 6 heteroatoms. The third kappa shape index (κ3) is 4.30. The van der Waals surface area contributed by atoms with Crippen molar-refractivity contribution in [2.75, 3.05) is 50.7 Å². The van der Waals surface area contributed by atoms with Gasteiger partial charge in [0.15, 0.2) is 0 Å². The van der Waals surface area contributed by atoms with Crippen molar-refractivity contribution in [2.24, 2.45) is 5.92 Å². The molecule has 0 saturated carbocycles. The number of hydrogen-bond donors (Lipinski definition) is 1. The number of rotatable bonds is 5. The number of Topliss-reactive ketones (excluding diaryl/α,β-unsaturated/α-hetero) is 1. The molecule has 2 saturated heterocycles. The largest absolute Gasteiger partial charge is 0.338 e. The average Bonchev–Trinajstić information content (AvgIpc) is 2.63. The molecule has 0 radical (unpaired) electrons. The minimum absolute atomic E-state index is 0.133. The maximum absolute atomic E-state index is 11.9. The molecule has 1 aromatic rings. The molecule has 2 aliphatic rings. The summed E-state index contributed by atoms with van der Waals surface area (Å²) in [6.07, 6.45) is 6.18. The van der Waals surface area contributed by atoms with E-state index in [-0.39, 0.29) is 5.92 Å². The van der Waals surface area contributed by atoms with Gasteiger partial charge in [0.25, 0.3) is 0 Å². The molecule has 0 amide bonds. The highest BCUT2D eigenvalue weighted by Crippen LogP contribution is 2.27. The van der Waals surface area contributed by atoms with E-state index in [9.17, 15) is 4.79 Å². The predicted octanol–water partition coefficient (Wildman–Crippen LogP) is 1.29. The fraction of sp³-hybridized carbons (Fsp3) is 0.722. The Morgan fingerprint density at radius 1 is 1.17 bits per heavy atom. The zero-order valence-corrected chi connectivity index (χ0v) is 14.9. The van der Waals surface area contributed by atoms with E-state index in [0.29, 0.717) is 18.2 Å². The molecule has 1 aromatic heterocycles. The Bertz CT molecular complexity index is 531. The Labute approximate surface area is 144 Å². The molecule has 24 heavy (non-hydrogen) atoms. The Balaban J connectivity index is 1.52. The first-order valence-electron chi connectivity index (χ1n) is 9.16. The van der Waals surface area contributed by atoms with Crippen LogP contribution in [0.1, 0.15) is 38.2 Å². The second-order valence-electron chi connectivity index (χ2n) is 7.22. The molecule has 2 fully saturated rings. The lowest BCUT2D eigenvalue weighted by molar-refractivity contribution is -0.123. The van der Waals surface area contributed by atoms with E-state index in [1.54, 1.807) is 0 Å². The van der Waals surface area contributed by atoms with Crippen LogP contribution in [0.4, 0.5) is 5.95 Å². The average molecular weight is 331 g/mol. The van der Waals surface area contributed by atoms with Crippen molar-refractivity contribution in [3.8, 4) is 0 Å². The zero-order valence-electron chi connectivity index (χ0n) is 14.9. The molecule has 0 spiro atoms. The molecule has 0 aromatic carbocycles. The van der Waals surface area contributed by atoms with Crippen LogP contribution in [0.2, 0.25) is 0 Å². The summed E-state index contributed by atoms with van der Waals surface area (Å²) in [6.45, 7) is 10.5. The second-order valence-corrected chi connectivity index (χ2v) is 7.22. The Morgan fingerprint density at radius 2 is 1.79 bits per heavy atom. The molecule has 3 heterocycles. The first kappa shape index (κ1) is 17.3. The summed E-state index contributed by atoms with van der Waals surface area (Å²) < 4.78 is 0. The lowest BCUT2D eigenvalue weighted by Crippen LogP contribution is -2.44. The number of piperazine rings is 1. The first-order valence-corrected chi connectivity index (χ1v) is 9.16. The molecule has 132 valence electrons. The van der Waals surface area contributed by atoms with Crippen molar-refractivity contribution in [3.05, 3.63) is 18.0 Å². The van der Waals surface area contributed by atoms with Gasteiger partial charge in [0.2, 0.25) is 5.95 Å². The molecule has 6 nitrogen and oxygen atoms in total. The zero-order chi connectivity index (χ0) is 16.9. The predicted molar refractivity (Wildman–Crippen MR) is 95.4 cm³/mol. The number of carbonyl (C=O) groups is 1. The number of nitrogens with one attached hydrogen (secondary N) is 1. The van der Waals surface area contributed by atoms with E-state index < -0.39 is 0 Å². The minimum Gasteiger partial charge on any atom is -0.338 e. The summed E-state index contributed by atoms with van der Waals surface area (Å²) in [6, 6.07) is 0. The molecule has 0 unspecified atom stereocenters. The highest BCUT2D eigenvalue weighted by molar-refractivity contribution is 5.82. The van der Waals surface area contributed by atoms with Crippen LogP contribution in [0.25, 0.3) is 0 Å². The number of anilines is 1. The Morgan fingerprint density at radius 3 is 2.38 bits per heavy atom. The molecule has 0 aliphatic carbocycles. The highest BCUT2D eigenvalue weighted by Gasteiger charge is 2.23. The van der Waals surface area contributed by atoms with E-state index >= 15 is 0 Å². The summed E-state index contributed by atoms with van der Waals surface area (Å²) in [7, 11) is 0. The SMILES string of the molecule is CC(C)C(=O)CN1CCC(c2cnc(N3CCNCC3)nc2)CC1. The summed E-state index contributed by atoms with van der Waals surface area (Å²) in [5, 5.41) is 3.35. The maximum atomic E-state index is 11.9. The smallest absolute Gasteiger partial charge is 0.225 e. The Hall–Kier alpha value is -1.53. The van der Waals surface area contributed by atoms with Crippen molar-refractivity contribution < 1.29 is 4.79 Å². The van der Waals surface area contributed by atoms with E-state index in [1.807, 2.05) is 26.2 Å². The van der Waals surface area contributed by atoms with Gasteiger partial charge in [-0.15, -0.1) is 0 Å². The van der Waals surface area contributed by atoms with Crippen molar-refractivity contribution in [3.63, 3.8) is 0 Å². The standard InChI is InChI=1S/C18H29N5O/c1-14(2)17(24)13-22-7-3-15(4-8-22)16-11-20-18(21-12-16)23-9-5-19-6-10-23/h11-12,14-15,19H,3-10,13H2,1-2H3. The lowest BCUT2D eigenvalue weighted by Gasteiger charge is -2.32. The quantitative estimate of drug-likeness (QED) is 0.877. The fourth-order valence-corrected chi connectivity index (χ4v) is 3.40. The van der Waals surface area contributed by atoms with E-state index in [4.69, 9.17) is 0 Å². The minimum atomic E-state index is 0.133. The second kappa shape index (κ2) is 8.03. The van der Waals surface area contributed by atoms with Crippen LogP contribution in [-0.2, 0) is 4.79 Å². The van der Waals surface area contributed by atoms with Gasteiger partial charge in [0, 0.05) is 44.5 Å². The summed E-state index contributed by atoms with van der Waals surface area (Å²) in [4.78, 5) is 25.6. The van der Waals surface area contributed by atoms with Gasteiger partial charge in [0.05, 0.1) is 6.54 Å². The van der Waals surface area contributed by atoms with Crippen LogP contribution in [0.5, 0.6) is 0 Å². The number of ketones is 1. The van der Waals surface area contributed by atoms with Gasteiger partial charge in [-0.3, -0.25) is 9.69 Å². The van der Waals surface area contributed by atoms with Crippen LogP contribution < -0.4 is 10.2 Å². The van der Waals surface area contributed by atoms with Crippen molar-refractivity contribution in [1.29, 1.82) is 0 Å². The number of piperidine rings is 1. The van der Waals surface area contributed by atoms with Crippen molar-refractivity contribution >= 4 is 11.7 Å². The highest BCUT2D eigenvalue weighted by atomic mass is 16.1. The van der Waals surface area contributed by atoms with Crippen LogP contribution >= 0.6 is 0 Å². The first-order chi connectivity index (χ1) is 11.6. The third-order valence-corrected chi connectivity index (χ3v) is 5.14. The van der Waals surface area contributed by atoms with Gasteiger partial charge in [-0.25, -0.2) is 9.97 Å². The molecular weight excluding hydrogens is 302 g/mol. The number of likely N-dealkylation sites (tertiary alicyclic amines) is 1. The van der Waals surface area contributed by atoms with Gasteiger partial charge in [-0.2, -0.15) is 0 Å². The van der Waals surface area contributed by atoms with Gasteiger partial charge in [-0.05, 0) is 37.4 Å². The van der Waals surface area contributed by atoms with E-state index in [2.05, 4.69) is 25.1 Å². The molecule has 1 N–H and O–H groups in total. The molecule has 0 bridgehead atoms. The van der Waals surface area contributed by atoms with Crippen molar-refractivity contribution in [2.45, 2.75) is 32.6 Å². The number of aromatic nitrogens is 2.